The van der Waals surface area contributed by atoms with Crippen LogP contribution in [0.25, 0.3) is 0 Å². The van der Waals surface area contributed by atoms with Gasteiger partial charge in [0.05, 0.1) is 18.0 Å². The number of benzene rings is 2. The molecule has 2 aromatic carbocycles. The van der Waals surface area contributed by atoms with Gasteiger partial charge in [0.25, 0.3) is 0 Å². The fraction of sp³-hybridized carbons (Fsp3) is 0.414. The van der Waals surface area contributed by atoms with Gasteiger partial charge < -0.3 is 9.47 Å². The van der Waals surface area contributed by atoms with Crippen LogP contribution in [-0.4, -0.2) is 47.2 Å². The Bertz CT molecular complexity index is 1300. The fourth-order valence-electron chi connectivity index (χ4n) is 5.01. The van der Waals surface area contributed by atoms with Gasteiger partial charge >= 0.3 is 0 Å². The Kier molecular flexibility index (Phi) is 9.11. The minimum atomic E-state index is -3.78. The summed E-state index contributed by atoms with van der Waals surface area (Å²) in [5.41, 5.74) is 3.00. The van der Waals surface area contributed by atoms with Gasteiger partial charge in [-0.1, -0.05) is 73.7 Å². The Morgan fingerprint density at radius 2 is 1.70 bits per heavy atom. The molecule has 8 heteroatoms. The minimum absolute atomic E-state index is 0.102. The molecular formula is C29H36ClN3O3S. The Labute approximate surface area is 225 Å². The van der Waals surface area contributed by atoms with Gasteiger partial charge in [-0.2, -0.15) is 4.31 Å². The van der Waals surface area contributed by atoms with Crippen LogP contribution in [0.15, 0.2) is 71.8 Å². The predicted molar refractivity (Wildman–Crippen MR) is 148 cm³/mol. The number of hydrogen-bond acceptors (Lipinski definition) is 3. The molecule has 1 aliphatic carbocycles. The quantitative estimate of drug-likeness (QED) is 0.322. The summed E-state index contributed by atoms with van der Waals surface area (Å²) in [6, 6.07) is 18.7. The summed E-state index contributed by atoms with van der Waals surface area (Å²) in [6.45, 7) is 4.79. The van der Waals surface area contributed by atoms with Crippen LogP contribution >= 0.6 is 11.6 Å². The first-order chi connectivity index (χ1) is 17.8. The number of aryl methyl sites for hydroxylation is 1. The number of nitrogens with zero attached hydrogens (tertiary/aromatic N) is 3. The molecule has 1 amide bonds. The number of aromatic nitrogens is 1. The van der Waals surface area contributed by atoms with E-state index in [1.165, 1.54) is 10.7 Å². The molecule has 0 bridgehead atoms. The van der Waals surface area contributed by atoms with Crippen molar-refractivity contribution in [3.8, 4) is 0 Å². The van der Waals surface area contributed by atoms with E-state index in [9.17, 15) is 13.2 Å². The molecule has 1 heterocycles. The topological polar surface area (TPSA) is 62.6 Å². The lowest BCUT2D eigenvalue weighted by atomic mass is 9.94. The van der Waals surface area contributed by atoms with E-state index in [1.54, 1.807) is 31.2 Å². The van der Waals surface area contributed by atoms with Gasteiger partial charge in [-0.15, -0.1) is 0 Å². The Balaban J connectivity index is 1.56. The zero-order chi connectivity index (χ0) is 26.4. The van der Waals surface area contributed by atoms with E-state index in [-0.39, 0.29) is 29.9 Å². The molecule has 1 saturated carbocycles. The monoisotopic (exact) mass is 541 g/mol. The maximum absolute atomic E-state index is 13.8. The third-order valence-corrected chi connectivity index (χ3v) is 9.52. The summed E-state index contributed by atoms with van der Waals surface area (Å²) in [7, 11) is -3.78. The van der Waals surface area contributed by atoms with Gasteiger partial charge in [0.2, 0.25) is 15.9 Å². The zero-order valence-electron chi connectivity index (χ0n) is 21.6. The van der Waals surface area contributed by atoms with Crippen molar-refractivity contribution >= 4 is 27.5 Å². The van der Waals surface area contributed by atoms with Crippen LogP contribution in [0, 0.1) is 6.92 Å². The Morgan fingerprint density at radius 1 is 1.00 bits per heavy atom. The number of sulfonamides is 1. The van der Waals surface area contributed by atoms with Gasteiger partial charge in [-0.05, 0) is 55.7 Å². The van der Waals surface area contributed by atoms with Crippen molar-refractivity contribution < 1.29 is 13.2 Å². The predicted octanol–water partition coefficient (Wildman–Crippen LogP) is 5.87. The molecule has 0 radical (unpaired) electrons. The largest absolute Gasteiger partial charge is 0.345 e. The van der Waals surface area contributed by atoms with Crippen molar-refractivity contribution in [3.63, 3.8) is 0 Å². The van der Waals surface area contributed by atoms with E-state index in [1.807, 2.05) is 54.4 Å². The molecule has 198 valence electrons. The van der Waals surface area contributed by atoms with E-state index in [0.29, 0.717) is 18.1 Å². The number of amides is 1. The van der Waals surface area contributed by atoms with E-state index >= 15 is 0 Å². The summed E-state index contributed by atoms with van der Waals surface area (Å²) in [6.07, 6.45) is 7.21. The van der Waals surface area contributed by atoms with Crippen molar-refractivity contribution in [1.82, 2.24) is 13.8 Å². The normalized spacial score (nSPS) is 14.7. The lowest BCUT2D eigenvalue weighted by molar-refractivity contribution is -0.135. The molecule has 0 atom stereocenters. The molecule has 37 heavy (non-hydrogen) atoms. The van der Waals surface area contributed by atoms with Crippen LogP contribution in [-0.2, 0) is 27.9 Å². The van der Waals surface area contributed by atoms with Gasteiger partial charge in [-0.25, -0.2) is 8.42 Å². The first-order valence-electron chi connectivity index (χ1n) is 13.0. The average molecular weight is 542 g/mol. The molecule has 0 unspecified atom stereocenters. The third-order valence-electron chi connectivity index (χ3n) is 7.21. The minimum Gasteiger partial charge on any atom is -0.345 e. The standard InChI is InChI=1S/C29H36ClN3O3S/c1-3-32(37(35,36)27-17-15-23(2)16-18-27)22-29(34)33(25-11-5-4-6-12-25)21-26-13-9-19-31(26)20-24-10-7-8-14-28(24)30/h7-10,13-19,25H,3-6,11-12,20-22H2,1-2H3. The number of rotatable bonds is 10. The van der Waals surface area contributed by atoms with Crippen molar-refractivity contribution in [1.29, 1.82) is 0 Å². The molecule has 0 N–H and O–H groups in total. The van der Waals surface area contributed by atoms with Crippen molar-refractivity contribution in [2.45, 2.75) is 70.0 Å². The third kappa shape index (κ3) is 6.64. The highest BCUT2D eigenvalue weighted by molar-refractivity contribution is 7.89. The molecule has 6 nitrogen and oxygen atoms in total. The van der Waals surface area contributed by atoms with E-state index < -0.39 is 10.0 Å². The van der Waals surface area contributed by atoms with E-state index in [4.69, 9.17) is 11.6 Å². The van der Waals surface area contributed by atoms with Crippen LogP contribution in [0.3, 0.4) is 0 Å². The highest BCUT2D eigenvalue weighted by Crippen LogP contribution is 2.26. The van der Waals surface area contributed by atoms with Crippen LogP contribution in [0.2, 0.25) is 5.02 Å². The number of carbonyl (C=O) groups is 1. The van der Waals surface area contributed by atoms with Gasteiger partial charge in [0, 0.05) is 36.0 Å². The molecule has 0 saturated heterocycles. The summed E-state index contributed by atoms with van der Waals surface area (Å²) >= 11 is 6.41. The number of halogens is 1. The molecule has 0 spiro atoms. The van der Waals surface area contributed by atoms with Crippen molar-refractivity contribution in [3.05, 3.63) is 88.7 Å². The molecule has 0 aliphatic heterocycles. The fourth-order valence-corrected chi connectivity index (χ4v) is 6.61. The molecular weight excluding hydrogens is 506 g/mol. The SMILES string of the molecule is CCN(CC(=O)N(Cc1cccn1Cc1ccccc1Cl)C1CCCCC1)S(=O)(=O)c1ccc(C)cc1. The maximum atomic E-state index is 13.8. The Morgan fingerprint density at radius 3 is 2.38 bits per heavy atom. The van der Waals surface area contributed by atoms with Gasteiger partial charge in [0.1, 0.15) is 0 Å². The van der Waals surface area contributed by atoms with Gasteiger partial charge in [0.15, 0.2) is 0 Å². The molecule has 1 aromatic heterocycles. The maximum Gasteiger partial charge on any atom is 0.243 e. The second-order valence-electron chi connectivity index (χ2n) is 9.78. The zero-order valence-corrected chi connectivity index (χ0v) is 23.2. The highest BCUT2D eigenvalue weighted by atomic mass is 35.5. The summed E-state index contributed by atoms with van der Waals surface area (Å²) < 4.78 is 30.1. The summed E-state index contributed by atoms with van der Waals surface area (Å²) in [5, 5.41) is 0.710. The highest BCUT2D eigenvalue weighted by Gasteiger charge is 2.31. The Hall–Kier alpha value is -2.61. The lowest BCUT2D eigenvalue weighted by Crippen LogP contribution is -2.47. The first-order valence-corrected chi connectivity index (χ1v) is 14.8. The number of carbonyl (C=O) groups excluding carboxylic acids is 1. The molecule has 4 rings (SSSR count). The van der Waals surface area contributed by atoms with Gasteiger partial charge in [-0.3, -0.25) is 4.79 Å². The summed E-state index contributed by atoms with van der Waals surface area (Å²) in [5.74, 6) is -0.157. The average Bonchev–Trinajstić information content (AvgIpc) is 3.34. The van der Waals surface area contributed by atoms with Crippen molar-refractivity contribution in [2.24, 2.45) is 0 Å². The second-order valence-corrected chi connectivity index (χ2v) is 12.1. The molecule has 1 aliphatic rings. The number of likely N-dealkylation sites (N-methyl/N-ethyl adjacent to an activating group) is 1. The number of hydrogen-bond donors (Lipinski definition) is 0. The lowest BCUT2D eigenvalue weighted by Gasteiger charge is -2.36. The van der Waals surface area contributed by atoms with Crippen LogP contribution in [0.4, 0.5) is 0 Å². The van der Waals surface area contributed by atoms with Crippen LogP contribution in [0.5, 0.6) is 0 Å². The van der Waals surface area contributed by atoms with Crippen LogP contribution < -0.4 is 0 Å². The first kappa shape index (κ1) is 27.4. The molecule has 3 aromatic rings. The smallest absolute Gasteiger partial charge is 0.243 e. The second kappa shape index (κ2) is 12.3. The van der Waals surface area contributed by atoms with E-state index in [0.717, 1.165) is 42.5 Å². The van der Waals surface area contributed by atoms with E-state index in [2.05, 4.69) is 4.57 Å². The molecule has 1 fully saturated rings. The van der Waals surface area contributed by atoms with Crippen molar-refractivity contribution in [2.75, 3.05) is 13.1 Å². The summed E-state index contributed by atoms with van der Waals surface area (Å²) in [4.78, 5) is 15.9. The van der Waals surface area contributed by atoms with Crippen LogP contribution in [0.1, 0.15) is 55.8 Å².